The monoisotopic (exact) mass is 335 g/mol. The summed E-state index contributed by atoms with van der Waals surface area (Å²) in [4.78, 5) is 16.0. The summed E-state index contributed by atoms with van der Waals surface area (Å²) in [5.41, 5.74) is 1.92. The molecule has 0 aliphatic carbocycles. The van der Waals surface area contributed by atoms with Gasteiger partial charge in [-0.25, -0.2) is 13.4 Å². The summed E-state index contributed by atoms with van der Waals surface area (Å²) in [7, 11) is -3.06. The molecule has 0 bridgehead atoms. The van der Waals surface area contributed by atoms with Crippen LogP contribution >= 0.6 is 0 Å². The number of carbonyl (C=O) groups is 1. The summed E-state index contributed by atoms with van der Waals surface area (Å²) in [6.45, 7) is 2.38. The quantitative estimate of drug-likeness (QED) is 0.781. The molecule has 1 aromatic heterocycles. The average molecular weight is 335 g/mol. The van der Waals surface area contributed by atoms with Crippen molar-refractivity contribution in [3.63, 3.8) is 0 Å². The Hall–Kier alpha value is -2.15. The number of benzene rings is 1. The molecule has 0 saturated heterocycles. The second kappa shape index (κ2) is 7.92. The van der Waals surface area contributed by atoms with Gasteiger partial charge in [-0.05, 0) is 5.56 Å². The fourth-order valence-corrected chi connectivity index (χ4v) is 2.84. The van der Waals surface area contributed by atoms with Crippen molar-refractivity contribution < 1.29 is 13.2 Å². The third-order valence-electron chi connectivity index (χ3n) is 3.51. The van der Waals surface area contributed by atoms with Crippen LogP contribution in [0.5, 0.6) is 0 Å². The van der Waals surface area contributed by atoms with E-state index in [-0.39, 0.29) is 30.4 Å². The molecule has 124 valence electrons. The molecule has 1 aromatic carbocycles. The highest BCUT2D eigenvalue weighted by Crippen LogP contribution is 2.06. The summed E-state index contributed by atoms with van der Waals surface area (Å²) in [5, 5.41) is 2.64. The van der Waals surface area contributed by atoms with E-state index >= 15 is 0 Å². The van der Waals surface area contributed by atoms with Gasteiger partial charge in [-0.3, -0.25) is 4.79 Å². The van der Waals surface area contributed by atoms with Crippen LogP contribution in [0.1, 0.15) is 18.2 Å². The van der Waals surface area contributed by atoms with E-state index in [4.69, 9.17) is 0 Å². The van der Waals surface area contributed by atoms with Crippen molar-refractivity contribution in [3.05, 3.63) is 54.1 Å². The molecule has 6 nitrogen and oxygen atoms in total. The highest BCUT2D eigenvalue weighted by Gasteiger charge is 2.11. The Morgan fingerprint density at radius 2 is 2.00 bits per heavy atom. The van der Waals surface area contributed by atoms with Gasteiger partial charge < -0.3 is 9.88 Å². The van der Waals surface area contributed by atoms with Crippen LogP contribution < -0.4 is 5.32 Å². The summed E-state index contributed by atoms with van der Waals surface area (Å²) in [5.74, 6) is -0.142. The van der Waals surface area contributed by atoms with Gasteiger partial charge in [0.25, 0.3) is 0 Å². The zero-order chi connectivity index (χ0) is 16.7. The standard InChI is InChI=1S/C16H21N3O3S/c1-2-23(21,22)9-8-18-16(20)10-15-11-17-13-19(15)12-14-6-4-3-5-7-14/h3-7,11,13H,2,8-10,12H2,1H3,(H,18,20). The van der Waals surface area contributed by atoms with Crippen LogP contribution in [-0.4, -0.2) is 41.9 Å². The number of hydrogen-bond acceptors (Lipinski definition) is 4. The number of sulfone groups is 1. The van der Waals surface area contributed by atoms with E-state index in [9.17, 15) is 13.2 Å². The Labute approximate surface area is 136 Å². The lowest BCUT2D eigenvalue weighted by Gasteiger charge is -2.09. The van der Waals surface area contributed by atoms with Gasteiger partial charge in [0.1, 0.15) is 0 Å². The Bertz CT molecular complexity index is 739. The van der Waals surface area contributed by atoms with Crippen molar-refractivity contribution in [3.8, 4) is 0 Å². The number of rotatable bonds is 8. The van der Waals surface area contributed by atoms with Gasteiger partial charge in [-0.15, -0.1) is 0 Å². The lowest BCUT2D eigenvalue weighted by atomic mass is 10.2. The van der Waals surface area contributed by atoms with Crippen LogP contribution in [0.3, 0.4) is 0 Å². The van der Waals surface area contributed by atoms with E-state index in [1.807, 2.05) is 34.9 Å². The van der Waals surface area contributed by atoms with Crippen molar-refractivity contribution in [2.45, 2.75) is 19.9 Å². The molecule has 0 spiro atoms. The fraction of sp³-hybridized carbons (Fsp3) is 0.375. The van der Waals surface area contributed by atoms with Crippen LogP contribution in [0, 0.1) is 0 Å². The third-order valence-corrected chi connectivity index (χ3v) is 5.22. The Balaban J connectivity index is 1.88. The zero-order valence-corrected chi connectivity index (χ0v) is 13.9. The van der Waals surface area contributed by atoms with E-state index in [2.05, 4.69) is 10.3 Å². The number of imidazole rings is 1. The molecule has 0 fully saturated rings. The van der Waals surface area contributed by atoms with Crippen LogP contribution in [0.15, 0.2) is 42.9 Å². The van der Waals surface area contributed by atoms with Gasteiger partial charge in [-0.1, -0.05) is 37.3 Å². The summed E-state index contributed by atoms with van der Waals surface area (Å²) < 4.78 is 24.7. The van der Waals surface area contributed by atoms with E-state index in [0.29, 0.717) is 6.54 Å². The molecule has 7 heteroatoms. The molecule has 0 atom stereocenters. The molecule has 0 saturated carbocycles. The van der Waals surface area contributed by atoms with E-state index in [0.717, 1.165) is 11.3 Å². The molecule has 2 rings (SSSR count). The molecular weight excluding hydrogens is 314 g/mol. The van der Waals surface area contributed by atoms with Crippen LogP contribution in [0.4, 0.5) is 0 Å². The van der Waals surface area contributed by atoms with Crippen molar-refractivity contribution >= 4 is 15.7 Å². The van der Waals surface area contributed by atoms with Gasteiger partial charge in [0, 0.05) is 30.7 Å². The molecule has 1 N–H and O–H groups in total. The molecule has 1 heterocycles. The Morgan fingerprint density at radius 1 is 1.26 bits per heavy atom. The number of amides is 1. The van der Waals surface area contributed by atoms with Crippen molar-refractivity contribution in [1.82, 2.24) is 14.9 Å². The van der Waals surface area contributed by atoms with Crippen molar-refractivity contribution in [2.75, 3.05) is 18.1 Å². The molecule has 0 unspecified atom stereocenters. The highest BCUT2D eigenvalue weighted by molar-refractivity contribution is 7.91. The van der Waals surface area contributed by atoms with Crippen LogP contribution in [-0.2, 0) is 27.6 Å². The zero-order valence-electron chi connectivity index (χ0n) is 13.1. The molecule has 0 radical (unpaired) electrons. The number of carbonyl (C=O) groups excluding carboxylic acids is 1. The first-order valence-corrected chi connectivity index (χ1v) is 9.32. The lowest BCUT2D eigenvalue weighted by molar-refractivity contribution is -0.120. The third kappa shape index (κ3) is 5.52. The molecule has 0 aliphatic heterocycles. The predicted octanol–water partition coefficient (Wildman–Crippen LogP) is 1.02. The Kier molecular flexibility index (Phi) is 5.92. The SMILES string of the molecule is CCS(=O)(=O)CCNC(=O)Cc1cncn1Cc1ccccc1. The number of nitrogens with zero attached hydrogens (tertiary/aromatic N) is 2. The minimum atomic E-state index is -3.06. The number of aromatic nitrogens is 2. The highest BCUT2D eigenvalue weighted by atomic mass is 32.2. The molecular formula is C16H21N3O3S. The second-order valence-electron chi connectivity index (χ2n) is 5.26. The summed E-state index contributed by atoms with van der Waals surface area (Å²) in [6.07, 6.45) is 3.53. The summed E-state index contributed by atoms with van der Waals surface area (Å²) >= 11 is 0. The van der Waals surface area contributed by atoms with Crippen LogP contribution in [0.25, 0.3) is 0 Å². The maximum absolute atomic E-state index is 11.9. The van der Waals surface area contributed by atoms with E-state index < -0.39 is 9.84 Å². The number of nitrogens with one attached hydrogen (secondary N) is 1. The minimum absolute atomic E-state index is 0.0292. The van der Waals surface area contributed by atoms with Gasteiger partial charge in [0.05, 0.1) is 18.5 Å². The first kappa shape index (κ1) is 17.2. The smallest absolute Gasteiger partial charge is 0.226 e. The van der Waals surface area contributed by atoms with Crippen molar-refractivity contribution in [2.24, 2.45) is 0 Å². The largest absolute Gasteiger partial charge is 0.355 e. The molecule has 1 amide bonds. The first-order valence-electron chi connectivity index (χ1n) is 7.50. The fourth-order valence-electron chi connectivity index (χ4n) is 2.14. The molecule has 2 aromatic rings. The van der Waals surface area contributed by atoms with Crippen molar-refractivity contribution in [1.29, 1.82) is 0 Å². The topological polar surface area (TPSA) is 81.1 Å². The maximum Gasteiger partial charge on any atom is 0.226 e. The normalized spacial score (nSPS) is 11.3. The van der Waals surface area contributed by atoms with Gasteiger partial charge in [-0.2, -0.15) is 0 Å². The second-order valence-corrected chi connectivity index (χ2v) is 7.73. The average Bonchev–Trinajstić information content (AvgIpc) is 2.95. The lowest BCUT2D eigenvalue weighted by Crippen LogP contribution is -2.31. The van der Waals surface area contributed by atoms with E-state index in [1.54, 1.807) is 19.4 Å². The Morgan fingerprint density at radius 3 is 2.70 bits per heavy atom. The molecule has 0 aliphatic rings. The van der Waals surface area contributed by atoms with Gasteiger partial charge in [0.15, 0.2) is 9.84 Å². The van der Waals surface area contributed by atoms with Gasteiger partial charge in [0.2, 0.25) is 5.91 Å². The molecule has 23 heavy (non-hydrogen) atoms. The predicted molar refractivity (Wildman–Crippen MR) is 88.8 cm³/mol. The first-order chi connectivity index (χ1) is 11.0. The number of hydrogen-bond donors (Lipinski definition) is 1. The van der Waals surface area contributed by atoms with Gasteiger partial charge >= 0.3 is 0 Å². The van der Waals surface area contributed by atoms with Crippen LogP contribution in [0.2, 0.25) is 0 Å². The minimum Gasteiger partial charge on any atom is -0.355 e. The maximum atomic E-state index is 11.9. The van der Waals surface area contributed by atoms with E-state index in [1.165, 1.54) is 0 Å². The summed E-state index contributed by atoms with van der Waals surface area (Å²) in [6, 6.07) is 9.91.